The fourth-order valence-corrected chi connectivity index (χ4v) is 1.62. The number of aryl methyl sites for hydroxylation is 1. The second-order valence-corrected chi connectivity index (χ2v) is 4.17. The standard InChI is InChI=1S/C14H19NO3.2C2H6/c1-10-8-11(17-4)9-13(18-5)14(10)12(16)6-7-15(2)3;2*1-2/h6-9H,1-5H3;2*1-2H3/b7-6+;;. The highest BCUT2D eigenvalue weighted by molar-refractivity contribution is 6.07. The van der Waals surface area contributed by atoms with Crippen LogP contribution in [-0.2, 0) is 0 Å². The van der Waals surface area contributed by atoms with E-state index in [0.29, 0.717) is 17.1 Å². The Hall–Kier alpha value is -1.97. The number of ketones is 1. The Morgan fingerprint density at radius 1 is 1.05 bits per heavy atom. The zero-order valence-electron chi connectivity index (χ0n) is 15.5. The van der Waals surface area contributed by atoms with Crippen molar-refractivity contribution >= 4 is 5.78 Å². The van der Waals surface area contributed by atoms with Crippen LogP contribution in [0.3, 0.4) is 0 Å². The number of allylic oxidation sites excluding steroid dienone is 1. The first-order valence-electron chi connectivity index (χ1n) is 7.61. The Labute approximate surface area is 135 Å². The predicted octanol–water partition coefficient (Wildman–Crippen LogP) is 4.32. The molecule has 0 aromatic heterocycles. The topological polar surface area (TPSA) is 38.8 Å². The van der Waals surface area contributed by atoms with E-state index in [1.807, 2.05) is 59.7 Å². The summed E-state index contributed by atoms with van der Waals surface area (Å²) in [5, 5.41) is 0. The third-order valence-electron chi connectivity index (χ3n) is 2.50. The van der Waals surface area contributed by atoms with Crippen molar-refractivity contribution in [3.05, 3.63) is 35.5 Å². The molecule has 4 heteroatoms. The minimum absolute atomic E-state index is 0.0827. The third-order valence-corrected chi connectivity index (χ3v) is 2.50. The van der Waals surface area contributed by atoms with Crippen LogP contribution in [0, 0.1) is 6.92 Å². The van der Waals surface area contributed by atoms with Crippen molar-refractivity contribution in [2.24, 2.45) is 0 Å². The fraction of sp³-hybridized carbons (Fsp3) is 0.500. The summed E-state index contributed by atoms with van der Waals surface area (Å²) in [5.41, 5.74) is 1.40. The number of hydrogen-bond acceptors (Lipinski definition) is 4. The van der Waals surface area contributed by atoms with E-state index in [4.69, 9.17) is 9.47 Å². The minimum atomic E-state index is -0.0827. The number of hydrogen-bond donors (Lipinski definition) is 0. The van der Waals surface area contributed by atoms with Gasteiger partial charge in [0.15, 0.2) is 5.78 Å². The SMILES string of the molecule is CC.CC.COc1cc(C)c(C(=O)/C=C/N(C)C)c(OC)c1. The summed E-state index contributed by atoms with van der Waals surface area (Å²) in [7, 11) is 6.85. The molecule has 1 aromatic rings. The quantitative estimate of drug-likeness (QED) is 0.599. The van der Waals surface area contributed by atoms with Crippen molar-refractivity contribution in [3.63, 3.8) is 0 Å². The molecule has 0 radical (unpaired) electrons. The van der Waals surface area contributed by atoms with Crippen LogP contribution in [0.5, 0.6) is 11.5 Å². The molecule has 0 bridgehead atoms. The number of carbonyl (C=O) groups is 1. The number of ether oxygens (including phenoxy) is 2. The maximum atomic E-state index is 12.1. The van der Waals surface area contributed by atoms with Crippen molar-refractivity contribution in [2.45, 2.75) is 34.6 Å². The Balaban J connectivity index is 0. The van der Waals surface area contributed by atoms with Crippen LogP contribution in [0.1, 0.15) is 43.6 Å². The molecule has 0 saturated carbocycles. The second-order valence-electron chi connectivity index (χ2n) is 4.17. The molecule has 0 atom stereocenters. The Bertz CT molecular complexity index is 466. The Morgan fingerprint density at radius 2 is 1.59 bits per heavy atom. The Morgan fingerprint density at radius 3 is 2.00 bits per heavy atom. The summed E-state index contributed by atoms with van der Waals surface area (Å²) < 4.78 is 10.4. The summed E-state index contributed by atoms with van der Waals surface area (Å²) >= 11 is 0. The van der Waals surface area contributed by atoms with Crippen molar-refractivity contribution in [2.75, 3.05) is 28.3 Å². The van der Waals surface area contributed by atoms with Gasteiger partial charge in [-0.15, -0.1) is 0 Å². The molecule has 4 nitrogen and oxygen atoms in total. The molecule has 1 rings (SSSR count). The predicted molar refractivity (Wildman–Crippen MR) is 94.1 cm³/mol. The molecule has 0 heterocycles. The van der Waals surface area contributed by atoms with E-state index in [1.54, 1.807) is 26.5 Å². The lowest BCUT2D eigenvalue weighted by molar-refractivity contribution is 0.104. The molecule has 0 saturated heterocycles. The van der Waals surface area contributed by atoms with Crippen molar-refractivity contribution in [1.82, 2.24) is 4.90 Å². The first kappa shape index (κ1) is 22.3. The molecule has 0 unspecified atom stereocenters. The fourth-order valence-electron chi connectivity index (χ4n) is 1.62. The van der Waals surface area contributed by atoms with Gasteiger partial charge >= 0.3 is 0 Å². The number of methoxy groups -OCH3 is 2. The number of rotatable bonds is 5. The summed E-state index contributed by atoms with van der Waals surface area (Å²) in [5.74, 6) is 1.12. The molecule has 0 amide bonds. The zero-order chi connectivity index (χ0) is 17.7. The van der Waals surface area contributed by atoms with Gasteiger partial charge in [-0.2, -0.15) is 0 Å². The van der Waals surface area contributed by atoms with Gasteiger partial charge in [0.25, 0.3) is 0 Å². The highest BCUT2D eigenvalue weighted by Gasteiger charge is 2.14. The van der Waals surface area contributed by atoms with Crippen LogP contribution in [0.25, 0.3) is 0 Å². The smallest absolute Gasteiger partial charge is 0.191 e. The second kappa shape index (κ2) is 12.7. The average molecular weight is 309 g/mol. The minimum Gasteiger partial charge on any atom is -0.497 e. The summed E-state index contributed by atoms with van der Waals surface area (Å²) in [4.78, 5) is 13.9. The third kappa shape index (κ3) is 7.16. The molecule has 0 aliphatic rings. The molecule has 22 heavy (non-hydrogen) atoms. The highest BCUT2D eigenvalue weighted by atomic mass is 16.5. The van der Waals surface area contributed by atoms with Crippen LogP contribution >= 0.6 is 0 Å². The molecular formula is C18H31NO3. The monoisotopic (exact) mass is 309 g/mol. The lowest BCUT2D eigenvalue weighted by Gasteiger charge is -2.12. The summed E-state index contributed by atoms with van der Waals surface area (Å²) in [6.07, 6.45) is 3.24. The van der Waals surface area contributed by atoms with Gasteiger partial charge in [-0.3, -0.25) is 4.79 Å². The lowest BCUT2D eigenvalue weighted by atomic mass is 10.0. The molecule has 0 fully saturated rings. The molecule has 0 N–H and O–H groups in total. The normalized spacial score (nSPS) is 9.14. The van der Waals surface area contributed by atoms with Gasteiger partial charge in [0, 0.05) is 32.4 Å². The molecular weight excluding hydrogens is 278 g/mol. The van der Waals surface area contributed by atoms with E-state index in [9.17, 15) is 4.79 Å². The van der Waals surface area contributed by atoms with Crippen LogP contribution < -0.4 is 9.47 Å². The maximum absolute atomic E-state index is 12.1. The molecule has 0 spiro atoms. The highest BCUT2D eigenvalue weighted by Crippen LogP contribution is 2.28. The van der Waals surface area contributed by atoms with Crippen LogP contribution in [0.2, 0.25) is 0 Å². The average Bonchev–Trinajstić information content (AvgIpc) is 2.55. The molecule has 1 aromatic carbocycles. The largest absolute Gasteiger partial charge is 0.497 e. The first-order valence-corrected chi connectivity index (χ1v) is 7.61. The van der Waals surface area contributed by atoms with Crippen molar-refractivity contribution in [3.8, 4) is 11.5 Å². The molecule has 126 valence electrons. The van der Waals surface area contributed by atoms with E-state index in [0.717, 1.165) is 5.56 Å². The number of benzene rings is 1. The van der Waals surface area contributed by atoms with Gasteiger partial charge in [0.2, 0.25) is 0 Å². The number of carbonyl (C=O) groups excluding carboxylic acids is 1. The summed E-state index contributed by atoms with van der Waals surface area (Å²) in [6, 6.07) is 3.53. The first-order chi connectivity index (χ1) is 10.5. The van der Waals surface area contributed by atoms with E-state index in [1.165, 1.54) is 6.08 Å². The lowest BCUT2D eigenvalue weighted by Crippen LogP contribution is -2.06. The Kier molecular flexibility index (Phi) is 12.9. The summed E-state index contributed by atoms with van der Waals surface area (Å²) in [6.45, 7) is 9.86. The van der Waals surface area contributed by atoms with E-state index < -0.39 is 0 Å². The van der Waals surface area contributed by atoms with Crippen LogP contribution in [0.4, 0.5) is 0 Å². The molecule has 0 aliphatic carbocycles. The molecule has 0 aliphatic heterocycles. The van der Waals surface area contributed by atoms with E-state index in [-0.39, 0.29) is 5.78 Å². The van der Waals surface area contributed by atoms with E-state index >= 15 is 0 Å². The van der Waals surface area contributed by atoms with Gasteiger partial charge < -0.3 is 14.4 Å². The van der Waals surface area contributed by atoms with Gasteiger partial charge in [0.1, 0.15) is 11.5 Å². The van der Waals surface area contributed by atoms with Gasteiger partial charge in [0.05, 0.1) is 19.8 Å². The van der Waals surface area contributed by atoms with Crippen LogP contribution in [-0.4, -0.2) is 39.0 Å². The van der Waals surface area contributed by atoms with Crippen LogP contribution in [0.15, 0.2) is 24.4 Å². The van der Waals surface area contributed by atoms with Gasteiger partial charge in [-0.1, -0.05) is 27.7 Å². The van der Waals surface area contributed by atoms with E-state index in [2.05, 4.69) is 0 Å². The van der Waals surface area contributed by atoms with Gasteiger partial charge in [-0.05, 0) is 18.6 Å². The number of nitrogens with zero attached hydrogens (tertiary/aromatic N) is 1. The zero-order valence-corrected chi connectivity index (χ0v) is 15.5. The van der Waals surface area contributed by atoms with Gasteiger partial charge in [-0.25, -0.2) is 0 Å². The maximum Gasteiger partial charge on any atom is 0.191 e. The van der Waals surface area contributed by atoms with Crippen molar-refractivity contribution in [1.29, 1.82) is 0 Å². The van der Waals surface area contributed by atoms with Crippen molar-refractivity contribution < 1.29 is 14.3 Å².